The molecule has 0 aliphatic heterocycles. The molecule has 0 saturated heterocycles. The molecule has 0 heterocycles. The number of rotatable bonds is 4. The average molecular weight is 189 g/mol. The van der Waals surface area contributed by atoms with Crippen molar-refractivity contribution in [2.24, 2.45) is 0 Å². The van der Waals surface area contributed by atoms with Crippen LogP contribution < -0.4 is 0 Å². The Morgan fingerprint density at radius 2 is 2.50 bits per heavy atom. The van der Waals surface area contributed by atoms with Crippen molar-refractivity contribution in [1.29, 1.82) is 0 Å². The van der Waals surface area contributed by atoms with Crippen LogP contribution in [0.15, 0.2) is 30.9 Å². The first-order chi connectivity index (χ1) is 6.77. The van der Waals surface area contributed by atoms with Gasteiger partial charge in [0.05, 0.1) is 12.2 Å². The molecule has 0 fully saturated rings. The topological polar surface area (TPSA) is 26.3 Å². The van der Waals surface area contributed by atoms with Gasteiger partial charge in [0.1, 0.15) is 0 Å². The molecule has 0 aromatic heterocycles. The minimum atomic E-state index is -0.285. The van der Waals surface area contributed by atoms with Crippen LogP contribution in [0, 0.1) is 6.07 Å². The van der Waals surface area contributed by atoms with Gasteiger partial charge in [0.2, 0.25) is 0 Å². The molecule has 0 saturated carbocycles. The van der Waals surface area contributed by atoms with Crippen LogP contribution in [-0.4, -0.2) is 12.6 Å². The zero-order chi connectivity index (χ0) is 10.4. The van der Waals surface area contributed by atoms with E-state index in [0.717, 1.165) is 5.56 Å². The van der Waals surface area contributed by atoms with Gasteiger partial charge >= 0.3 is 5.97 Å². The summed E-state index contributed by atoms with van der Waals surface area (Å²) in [4.78, 5) is 11.3. The van der Waals surface area contributed by atoms with Crippen molar-refractivity contribution in [3.05, 3.63) is 48.0 Å². The Hall–Kier alpha value is -1.57. The Labute approximate surface area is 84.2 Å². The van der Waals surface area contributed by atoms with Crippen LogP contribution >= 0.6 is 0 Å². The maximum absolute atomic E-state index is 11.3. The molecule has 0 aliphatic rings. The van der Waals surface area contributed by atoms with E-state index in [0.29, 0.717) is 18.6 Å². The van der Waals surface area contributed by atoms with E-state index in [9.17, 15) is 4.79 Å². The zero-order valence-electron chi connectivity index (χ0n) is 8.25. The first kappa shape index (κ1) is 10.5. The SMILES string of the molecule is C=CCc1[c]ccc(C(=O)OCC)c1. The molecule has 73 valence electrons. The maximum Gasteiger partial charge on any atom is 0.338 e. The van der Waals surface area contributed by atoms with Gasteiger partial charge in [0, 0.05) is 0 Å². The number of benzene rings is 1. The predicted octanol–water partition coefficient (Wildman–Crippen LogP) is 2.39. The molecular weight excluding hydrogens is 176 g/mol. The Bertz CT molecular complexity index is 329. The fraction of sp³-hybridized carbons (Fsp3) is 0.250. The summed E-state index contributed by atoms with van der Waals surface area (Å²) in [6.07, 6.45) is 2.49. The third-order valence-electron chi connectivity index (χ3n) is 1.74. The summed E-state index contributed by atoms with van der Waals surface area (Å²) in [5.74, 6) is -0.285. The van der Waals surface area contributed by atoms with Gasteiger partial charge in [-0.15, -0.1) is 6.58 Å². The number of esters is 1. The molecule has 0 unspecified atom stereocenters. The van der Waals surface area contributed by atoms with Crippen LogP contribution in [0.4, 0.5) is 0 Å². The fourth-order valence-corrected chi connectivity index (χ4v) is 1.13. The van der Waals surface area contributed by atoms with Crippen LogP contribution in [0.3, 0.4) is 0 Å². The third kappa shape index (κ3) is 2.73. The van der Waals surface area contributed by atoms with E-state index in [1.807, 2.05) is 0 Å². The van der Waals surface area contributed by atoms with Crippen molar-refractivity contribution in [2.45, 2.75) is 13.3 Å². The summed E-state index contributed by atoms with van der Waals surface area (Å²) in [6.45, 7) is 5.82. The minimum Gasteiger partial charge on any atom is -0.462 e. The van der Waals surface area contributed by atoms with E-state index >= 15 is 0 Å². The molecule has 0 spiro atoms. The van der Waals surface area contributed by atoms with Crippen LogP contribution in [0.1, 0.15) is 22.8 Å². The molecule has 0 N–H and O–H groups in total. The molecule has 14 heavy (non-hydrogen) atoms. The second-order valence-corrected chi connectivity index (χ2v) is 2.82. The summed E-state index contributed by atoms with van der Waals surface area (Å²) in [7, 11) is 0. The number of hydrogen-bond donors (Lipinski definition) is 0. The smallest absolute Gasteiger partial charge is 0.338 e. The van der Waals surface area contributed by atoms with Gasteiger partial charge in [-0.25, -0.2) is 4.79 Å². The lowest BCUT2D eigenvalue weighted by atomic mass is 10.1. The summed E-state index contributed by atoms with van der Waals surface area (Å²) in [5.41, 5.74) is 1.52. The zero-order valence-corrected chi connectivity index (χ0v) is 8.25. The summed E-state index contributed by atoms with van der Waals surface area (Å²) in [5, 5.41) is 0. The molecule has 2 heteroatoms. The molecule has 0 bridgehead atoms. The van der Waals surface area contributed by atoms with Gasteiger partial charge in [-0.3, -0.25) is 0 Å². The number of carbonyl (C=O) groups is 1. The Morgan fingerprint density at radius 1 is 1.71 bits per heavy atom. The average Bonchev–Trinajstić information content (AvgIpc) is 2.19. The van der Waals surface area contributed by atoms with E-state index in [2.05, 4.69) is 12.6 Å². The Kier molecular flexibility index (Phi) is 3.92. The number of allylic oxidation sites excluding steroid dienone is 1. The highest BCUT2D eigenvalue weighted by Crippen LogP contribution is 2.07. The standard InChI is InChI=1S/C12H13O2/c1-3-6-10-7-5-8-11(9-10)12(13)14-4-2/h3,5,8-9H,1,4,6H2,2H3. The van der Waals surface area contributed by atoms with Crippen LogP contribution in [0.2, 0.25) is 0 Å². The molecular formula is C12H13O2. The van der Waals surface area contributed by atoms with Crippen molar-refractivity contribution in [1.82, 2.24) is 0 Å². The molecule has 1 aromatic carbocycles. The number of ether oxygens (including phenoxy) is 1. The number of hydrogen-bond acceptors (Lipinski definition) is 2. The Balaban J connectivity index is 2.82. The highest BCUT2D eigenvalue weighted by Gasteiger charge is 2.05. The van der Waals surface area contributed by atoms with Gasteiger partial charge in [-0.2, -0.15) is 0 Å². The lowest BCUT2D eigenvalue weighted by Gasteiger charge is -2.02. The molecule has 1 radical (unpaired) electrons. The van der Waals surface area contributed by atoms with Crippen molar-refractivity contribution >= 4 is 5.97 Å². The highest BCUT2D eigenvalue weighted by molar-refractivity contribution is 5.89. The monoisotopic (exact) mass is 189 g/mol. The van der Waals surface area contributed by atoms with E-state index in [4.69, 9.17) is 4.74 Å². The van der Waals surface area contributed by atoms with Gasteiger partial charge in [0.25, 0.3) is 0 Å². The maximum atomic E-state index is 11.3. The van der Waals surface area contributed by atoms with Crippen molar-refractivity contribution in [3.8, 4) is 0 Å². The quantitative estimate of drug-likeness (QED) is 0.537. The van der Waals surface area contributed by atoms with E-state index in [1.165, 1.54) is 0 Å². The van der Waals surface area contributed by atoms with Crippen LogP contribution in [0.25, 0.3) is 0 Å². The normalized spacial score (nSPS) is 9.50. The molecule has 0 amide bonds. The summed E-state index contributed by atoms with van der Waals surface area (Å²) < 4.78 is 4.88. The molecule has 1 rings (SSSR count). The molecule has 2 nitrogen and oxygen atoms in total. The van der Waals surface area contributed by atoms with Crippen LogP contribution in [-0.2, 0) is 11.2 Å². The molecule has 0 atom stereocenters. The molecule has 0 aliphatic carbocycles. The highest BCUT2D eigenvalue weighted by atomic mass is 16.5. The van der Waals surface area contributed by atoms with Crippen molar-refractivity contribution in [2.75, 3.05) is 6.61 Å². The second-order valence-electron chi connectivity index (χ2n) is 2.82. The largest absolute Gasteiger partial charge is 0.462 e. The van der Waals surface area contributed by atoms with E-state index in [-0.39, 0.29) is 5.97 Å². The predicted molar refractivity (Wildman–Crippen MR) is 55.1 cm³/mol. The Morgan fingerprint density at radius 3 is 3.14 bits per heavy atom. The van der Waals surface area contributed by atoms with Gasteiger partial charge in [-0.05, 0) is 37.1 Å². The number of carbonyl (C=O) groups excluding carboxylic acids is 1. The third-order valence-corrected chi connectivity index (χ3v) is 1.74. The van der Waals surface area contributed by atoms with Crippen LogP contribution in [0.5, 0.6) is 0 Å². The fourth-order valence-electron chi connectivity index (χ4n) is 1.13. The molecule has 1 aromatic rings. The van der Waals surface area contributed by atoms with Crippen molar-refractivity contribution < 1.29 is 9.53 Å². The van der Waals surface area contributed by atoms with Gasteiger partial charge in [0.15, 0.2) is 0 Å². The summed E-state index contributed by atoms with van der Waals surface area (Å²) in [6, 6.07) is 8.23. The lowest BCUT2D eigenvalue weighted by molar-refractivity contribution is 0.0526. The second kappa shape index (κ2) is 5.22. The summed E-state index contributed by atoms with van der Waals surface area (Å²) >= 11 is 0. The van der Waals surface area contributed by atoms with Gasteiger partial charge < -0.3 is 4.74 Å². The minimum absolute atomic E-state index is 0.285. The van der Waals surface area contributed by atoms with Crippen molar-refractivity contribution in [3.63, 3.8) is 0 Å². The first-order valence-corrected chi connectivity index (χ1v) is 4.56. The van der Waals surface area contributed by atoms with E-state index < -0.39 is 0 Å². The lowest BCUT2D eigenvalue weighted by Crippen LogP contribution is -2.04. The van der Waals surface area contributed by atoms with Gasteiger partial charge in [-0.1, -0.05) is 12.1 Å². The van der Waals surface area contributed by atoms with E-state index in [1.54, 1.807) is 31.2 Å². The first-order valence-electron chi connectivity index (χ1n) is 4.56.